The highest BCUT2D eigenvalue weighted by molar-refractivity contribution is 6.03. The second kappa shape index (κ2) is 11.1. The van der Waals surface area contributed by atoms with Crippen molar-refractivity contribution in [2.45, 2.75) is 25.8 Å². The van der Waals surface area contributed by atoms with Gasteiger partial charge in [0.25, 0.3) is 0 Å². The lowest BCUT2D eigenvalue weighted by atomic mass is 9.95. The number of hydrogen-bond donors (Lipinski definition) is 0. The summed E-state index contributed by atoms with van der Waals surface area (Å²) in [5, 5.41) is 0. The van der Waals surface area contributed by atoms with Crippen molar-refractivity contribution in [3.8, 4) is 0 Å². The molecule has 1 unspecified atom stereocenters. The highest BCUT2D eigenvalue weighted by Crippen LogP contribution is 2.31. The van der Waals surface area contributed by atoms with Crippen molar-refractivity contribution in [1.29, 1.82) is 0 Å². The van der Waals surface area contributed by atoms with Crippen LogP contribution in [0.25, 0.3) is 0 Å². The molecule has 5 heteroatoms. The first kappa shape index (κ1) is 23.7. The van der Waals surface area contributed by atoms with Crippen LogP contribution in [0.15, 0.2) is 84.9 Å². The molecule has 1 heterocycles. The summed E-state index contributed by atoms with van der Waals surface area (Å²) in [5.41, 5.74) is 4.40. The molecule has 4 rings (SSSR count). The number of piperazine rings is 1. The number of hydrogen-bond acceptors (Lipinski definition) is 5. The van der Waals surface area contributed by atoms with E-state index in [0.717, 1.165) is 31.9 Å². The molecule has 3 aromatic carbocycles. The molecule has 0 aliphatic carbocycles. The minimum absolute atomic E-state index is 0.201. The van der Waals surface area contributed by atoms with Gasteiger partial charge in [0.1, 0.15) is 11.7 Å². The number of Topliss-reactive ketones (excluding diaryl/α,β-unsaturated/α-hetero) is 1. The van der Waals surface area contributed by atoms with Crippen LogP contribution in [-0.2, 0) is 14.3 Å². The van der Waals surface area contributed by atoms with Gasteiger partial charge in [-0.2, -0.15) is 0 Å². The second-order valence-electron chi connectivity index (χ2n) is 8.63. The third-order valence-corrected chi connectivity index (χ3v) is 6.43. The predicted molar refractivity (Wildman–Crippen MR) is 135 cm³/mol. The van der Waals surface area contributed by atoms with Crippen molar-refractivity contribution < 1.29 is 14.3 Å². The number of rotatable bonds is 8. The summed E-state index contributed by atoms with van der Waals surface area (Å²) in [7, 11) is 0. The van der Waals surface area contributed by atoms with Gasteiger partial charge in [-0.25, -0.2) is 0 Å². The molecule has 1 atom stereocenters. The fourth-order valence-corrected chi connectivity index (χ4v) is 4.76. The van der Waals surface area contributed by atoms with E-state index in [0.29, 0.717) is 5.56 Å². The Labute approximate surface area is 202 Å². The molecule has 0 saturated carbocycles. The molecule has 0 aromatic heterocycles. The molecule has 0 spiro atoms. The average molecular weight is 457 g/mol. The summed E-state index contributed by atoms with van der Waals surface area (Å²) >= 11 is 0. The summed E-state index contributed by atoms with van der Waals surface area (Å²) in [4.78, 5) is 29.2. The fourth-order valence-electron chi connectivity index (χ4n) is 4.76. The van der Waals surface area contributed by atoms with Crippen molar-refractivity contribution in [2.75, 3.05) is 37.7 Å². The maximum absolute atomic E-state index is 12.2. The number of ketones is 1. The van der Waals surface area contributed by atoms with E-state index in [4.69, 9.17) is 4.74 Å². The standard InChI is InChI=1S/C29H32N2O3/c1-3-34-29(33)27(22(2)32)23-14-16-26(17-15-23)30-18-20-31(21-19-30)28(24-10-6-4-7-11-24)25-12-8-5-9-13-25/h4-17,27-28H,3,18-21H2,1-2H3. The summed E-state index contributed by atoms with van der Waals surface area (Å²) in [6.07, 6.45) is 0. The zero-order chi connectivity index (χ0) is 23.9. The van der Waals surface area contributed by atoms with Crippen molar-refractivity contribution in [2.24, 2.45) is 0 Å². The molecule has 1 fully saturated rings. The molecule has 5 nitrogen and oxygen atoms in total. The Morgan fingerprint density at radius 3 is 1.76 bits per heavy atom. The van der Waals surface area contributed by atoms with Crippen LogP contribution in [0.4, 0.5) is 5.69 Å². The lowest BCUT2D eigenvalue weighted by Crippen LogP contribution is -2.48. The Balaban J connectivity index is 1.47. The van der Waals surface area contributed by atoms with E-state index in [1.165, 1.54) is 18.1 Å². The highest BCUT2D eigenvalue weighted by Gasteiger charge is 2.28. The zero-order valence-electron chi connectivity index (χ0n) is 19.9. The molecular weight excluding hydrogens is 424 g/mol. The number of esters is 1. The van der Waals surface area contributed by atoms with E-state index in [2.05, 4.69) is 70.5 Å². The van der Waals surface area contributed by atoms with Gasteiger partial charge in [0.2, 0.25) is 0 Å². The monoisotopic (exact) mass is 456 g/mol. The minimum Gasteiger partial charge on any atom is -0.465 e. The van der Waals surface area contributed by atoms with Crippen LogP contribution in [0, 0.1) is 0 Å². The van der Waals surface area contributed by atoms with Crippen molar-refractivity contribution in [3.63, 3.8) is 0 Å². The first-order valence-corrected chi connectivity index (χ1v) is 11.9. The van der Waals surface area contributed by atoms with Crippen LogP contribution in [0.2, 0.25) is 0 Å². The van der Waals surface area contributed by atoms with Crippen LogP contribution < -0.4 is 4.90 Å². The van der Waals surface area contributed by atoms with Crippen LogP contribution in [-0.4, -0.2) is 49.4 Å². The first-order chi connectivity index (χ1) is 16.6. The van der Waals surface area contributed by atoms with Crippen LogP contribution in [0.1, 0.15) is 42.5 Å². The highest BCUT2D eigenvalue weighted by atomic mass is 16.5. The van der Waals surface area contributed by atoms with Crippen molar-refractivity contribution in [1.82, 2.24) is 4.90 Å². The summed E-state index contributed by atoms with van der Waals surface area (Å²) < 4.78 is 5.10. The Bertz CT molecular complexity index is 1040. The molecule has 1 aliphatic heterocycles. The largest absolute Gasteiger partial charge is 0.465 e. The number of anilines is 1. The average Bonchev–Trinajstić information content (AvgIpc) is 2.87. The van der Waals surface area contributed by atoms with E-state index in [1.54, 1.807) is 6.92 Å². The van der Waals surface area contributed by atoms with Gasteiger partial charge in [0.05, 0.1) is 12.6 Å². The van der Waals surface area contributed by atoms with E-state index in [9.17, 15) is 9.59 Å². The number of carbonyl (C=O) groups is 2. The quantitative estimate of drug-likeness (QED) is 0.359. The Kier molecular flexibility index (Phi) is 7.76. The molecule has 34 heavy (non-hydrogen) atoms. The molecule has 0 bridgehead atoms. The molecule has 1 saturated heterocycles. The topological polar surface area (TPSA) is 49.9 Å². The molecule has 0 amide bonds. The SMILES string of the molecule is CCOC(=O)C(C(C)=O)c1ccc(N2CCN(C(c3ccccc3)c3ccccc3)CC2)cc1. The van der Waals surface area contributed by atoms with Crippen LogP contribution in [0.3, 0.4) is 0 Å². The van der Waals surface area contributed by atoms with Crippen molar-refractivity contribution in [3.05, 3.63) is 102 Å². The number of carbonyl (C=O) groups excluding carboxylic acids is 2. The van der Waals surface area contributed by atoms with Gasteiger partial charge in [-0.05, 0) is 42.7 Å². The van der Waals surface area contributed by atoms with Gasteiger partial charge in [-0.3, -0.25) is 14.5 Å². The second-order valence-corrected chi connectivity index (χ2v) is 8.63. The van der Waals surface area contributed by atoms with Crippen molar-refractivity contribution >= 4 is 17.4 Å². The number of nitrogens with zero attached hydrogens (tertiary/aromatic N) is 2. The third kappa shape index (κ3) is 5.37. The Morgan fingerprint density at radius 2 is 1.29 bits per heavy atom. The molecule has 0 N–H and O–H groups in total. The molecule has 176 valence electrons. The van der Waals surface area contributed by atoms with Gasteiger partial charge in [0, 0.05) is 31.9 Å². The molecule has 1 aliphatic rings. The number of benzene rings is 3. The normalized spacial score (nSPS) is 15.2. The van der Waals surface area contributed by atoms with E-state index < -0.39 is 11.9 Å². The van der Waals surface area contributed by atoms with E-state index in [-0.39, 0.29) is 18.4 Å². The zero-order valence-corrected chi connectivity index (χ0v) is 19.9. The lowest BCUT2D eigenvalue weighted by molar-refractivity contribution is -0.147. The third-order valence-electron chi connectivity index (χ3n) is 6.43. The molecular formula is C29H32N2O3. The summed E-state index contributed by atoms with van der Waals surface area (Å²) in [5.74, 6) is -1.54. The number of ether oxygens (including phenoxy) is 1. The summed E-state index contributed by atoms with van der Waals surface area (Å²) in [6.45, 7) is 7.14. The van der Waals surface area contributed by atoms with E-state index in [1.807, 2.05) is 24.3 Å². The van der Waals surface area contributed by atoms with Crippen LogP contribution >= 0.6 is 0 Å². The summed E-state index contributed by atoms with van der Waals surface area (Å²) in [6, 6.07) is 29.4. The maximum atomic E-state index is 12.2. The van der Waals surface area contributed by atoms with Gasteiger partial charge in [-0.15, -0.1) is 0 Å². The predicted octanol–water partition coefficient (Wildman–Crippen LogP) is 4.83. The van der Waals surface area contributed by atoms with Gasteiger partial charge in [-0.1, -0.05) is 72.8 Å². The smallest absolute Gasteiger partial charge is 0.320 e. The van der Waals surface area contributed by atoms with E-state index >= 15 is 0 Å². The van der Waals surface area contributed by atoms with Crippen LogP contribution in [0.5, 0.6) is 0 Å². The molecule has 3 aromatic rings. The van der Waals surface area contributed by atoms with Gasteiger partial charge in [0.15, 0.2) is 0 Å². The van der Waals surface area contributed by atoms with Gasteiger partial charge >= 0.3 is 5.97 Å². The fraction of sp³-hybridized carbons (Fsp3) is 0.310. The lowest BCUT2D eigenvalue weighted by Gasteiger charge is -2.40. The Morgan fingerprint density at radius 1 is 0.765 bits per heavy atom. The minimum atomic E-state index is -0.858. The Hall–Kier alpha value is -3.44. The first-order valence-electron chi connectivity index (χ1n) is 11.9. The molecule has 0 radical (unpaired) electrons. The van der Waals surface area contributed by atoms with Gasteiger partial charge < -0.3 is 9.64 Å². The maximum Gasteiger partial charge on any atom is 0.320 e.